The number of aromatic nitrogens is 2. The van der Waals surface area contributed by atoms with E-state index in [2.05, 4.69) is 15.7 Å². The van der Waals surface area contributed by atoms with Gasteiger partial charge in [-0.1, -0.05) is 0 Å². The molecule has 5 nitrogen and oxygen atoms in total. The summed E-state index contributed by atoms with van der Waals surface area (Å²) in [4.78, 5) is 11.4. The molecule has 1 heterocycles. The topological polar surface area (TPSA) is 59.0 Å². The molecule has 0 aromatic carbocycles. The Morgan fingerprint density at radius 2 is 2.35 bits per heavy atom. The fourth-order valence-corrected chi connectivity index (χ4v) is 1.68. The number of rotatable bonds is 8. The molecule has 1 fully saturated rings. The van der Waals surface area contributed by atoms with E-state index >= 15 is 0 Å². The lowest BCUT2D eigenvalue weighted by Gasteiger charge is -2.06. The first-order chi connectivity index (χ1) is 8.34. The highest BCUT2D eigenvalue weighted by atomic mass is 16.1. The van der Waals surface area contributed by atoms with Gasteiger partial charge in [-0.15, -0.1) is 0 Å². The number of hydrogen-bond donors (Lipinski definition) is 2. The van der Waals surface area contributed by atoms with E-state index in [0.29, 0.717) is 13.1 Å². The molecule has 1 amide bonds. The fourth-order valence-electron chi connectivity index (χ4n) is 1.68. The number of aryl methyl sites for hydroxylation is 1. The van der Waals surface area contributed by atoms with Crippen LogP contribution in [0.3, 0.4) is 0 Å². The van der Waals surface area contributed by atoms with Crippen molar-refractivity contribution >= 4 is 5.91 Å². The molecule has 2 rings (SSSR count). The summed E-state index contributed by atoms with van der Waals surface area (Å²) in [6, 6.07) is 1.90. The minimum atomic E-state index is 0.0890. The van der Waals surface area contributed by atoms with Crippen LogP contribution in [-0.2, 0) is 11.3 Å². The van der Waals surface area contributed by atoms with E-state index in [1.54, 1.807) is 6.20 Å². The molecule has 2 N–H and O–H groups in total. The Morgan fingerprint density at radius 3 is 3.06 bits per heavy atom. The minimum Gasteiger partial charge on any atom is -0.355 e. The monoisotopic (exact) mass is 236 g/mol. The molecule has 1 aliphatic carbocycles. The Morgan fingerprint density at radius 1 is 1.47 bits per heavy atom. The Balaban J connectivity index is 1.45. The third-order valence-electron chi connectivity index (χ3n) is 2.86. The van der Waals surface area contributed by atoms with E-state index in [0.717, 1.165) is 25.4 Å². The Kier molecular flexibility index (Phi) is 4.55. The summed E-state index contributed by atoms with van der Waals surface area (Å²) in [5, 5.41) is 10.2. The second-order valence-electron chi connectivity index (χ2n) is 4.55. The first kappa shape index (κ1) is 12.1. The first-order valence-electron chi connectivity index (χ1n) is 6.29. The predicted octanol–water partition coefficient (Wildman–Crippen LogP) is 0.389. The number of nitrogens with zero attached hydrogens (tertiary/aromatic N) is 2. The largest absolute Gasteiger partial charge is 0.355 e. The van der Waals surface area contributed by atoms with Crippen LogP contribution >= 0.6 is 0 Å². The van der Waals surface area contributed by atoms with Crippen molar-refractivity contribution in [2.45, 2.75) is 25.8 Å². The molecular formula is C12H20N4O. The lowest BCUT2D eigenvalue weighted by molar-refractivity contribution is -0.120. The maximum atomic E-state index is 11.4. The zero-order valence-electron chi connectivity index (χ0n) is 10.1. The number of amides is 1. The van der Waals surface area contributed by atoms with Crippen molar-refractivity contribution < 1.29 is 4.79 Å². The second kappa shape index (κ2) is 6.39. The molecule has 0 saturated heterocycles. The average Bonchev–Trinajstić information content (AvgIpc) is 3.00. The average molecular weight is 236 g/mol. The summed E-state index contributed by atoms with van der Waals surface area (Å²) < 4.78 is 1.87. The van der Waals surface area contributed by atoms with E-state index < -0.39 is 0 Å². The van der Waals surface area contributed by atoms with Gasteiger partial charge in [0.1, 0.15) is 0 Å². The highest BCUT2D eigenvalue weighted by Crippen LogP contribution is 2.27. The van der Waals surface area contributed by atoms with E-state index in [9.17, 15) is 4.79 Å². The van der Waals surface area contributed by atoms with Crippen molar-refractivity contribution in [1.82, 2.24) is 20.4 Å². The van der Waals surface area contributed by atoms with Gasteiger partial charge >= 0.3 is 0 Å². The molecule has 0 spiro atoms. The lowest BCUT2D eigenvalue weighted by atomic mass is 10.4. The summed E-state index contributed by atoms with van der Waals surface area (Å²) in [5.74, 6) is 0.911. The molecule has 1 aliphatic rings. The Bertz CT molecular complexity index is 332. The van der Waals surface area contributed by atoms with Gasteiger partial charge in [0.2, 0.25) is 5.91 Å². The molecule has 0 aliphatic heterocycles. The molecule has 94 valence electrons. The second-order valence-corrected chi connectivity index (χ2v) is 4.55. The summed E-state index contributed by atoms with van der Waals surface area (Å²) in [5.41, 5.74) is 0. The van der Waals surface area contributed by atoms with Crippen molar-refractivity contribution in [3.63, 3.8) is 0 Å². The lowest BCUT2D eigenvalue weighted by Crippen LogP contribution is -2.35. The number of carbonyl (C=O) groups excluding carboxylic acids is 1. The highest BCUT2D eigenvalue weighted by molar-refractivity contribution is 5.77. The van der Waals surface area contributed by atoms with Crippen molar-refractivity contribution in [3.8, 4) is 0 Å². The summed E-state index contributed by atoms with van der Waals surface area (Å²) >= 11 is 0. The third kappa shape index (κ3) is 4.99. The number of hydrogen-bond acceptors (Lipinski definition) is 3. The van der Waals surface area contributed by atoms with Gasteiger partial charge in [-0.2, -0.15) is 5.10 Å². The normalized spacial score (nSPS) is 14.8. The van der Waals surface area contributed by atoms with Gasteiger partial charge in [0.25, 0.3) is 0 Å². The molecule has 0 atom stereocenters. The van der Waals surface area contributed by atoms with Gasteiger partial charge in [-0.05, 0) is 37.8 Å². The maximum Gasteiger partial charge on any atom is 0.233 e. The van der Waals surface area contributed by atoms with E-state index in [1.807, 2.05) is 16.9 Å². The standard InChI is InChI=1S/C12H20N4O/c17-12(10-13-9-11-3-4-11)14-5-1-7-16-8-2-6-15-16/h2,6,8,11,13H,1,3-5,7,9-10H2,(H,14,17). The Labute approximate surface area is 102 Å². The van der Waals surface area contributed by atoms with Crippen LogP contribution < -0.4 is 10.6 Å². The minimum absolute atomic E-state index is 0.0890. The van der Waals surface area contributed by atoms with Crippen LogP contribution in [0.5, 0.6) is 0 Å². The molecule has 0 bridgehead atoms. The van der Waals surface area contributed by atoms with Crippen molar-refractivity contribution in [2.24, 2.45) is 5.92 Å². The fraction of sp³-hybridized carbons (Fsp3) is 0.667. The molecule has 5 heteroatoms. The van der Waals surface area contributed by atoms with E-state index in [1.165, 1.54) is 12.8 Å². The molecule has 1 saturated carbocycles. The van der Waals surface area contributed by atoms with E-state index in [-0.39, 0.29) is 5.91 Å². The van der Waals surface area contributed by atoms with E-state index in [4.69, 9.17) is 0 Å². The zero-order chi connectivity index (χ0) is 11.9. The summed E-state index contributed by atoms with van der Waals surface area (Å²) in [7, 11) is 0. The SMILES string of the molecule is O=C(CNCC1CC1)NCCCn1cccn1. The molecule has 17 heavy (non-hydrogen) atoms. The zero-order valence-corrected chi connectivity index (χ0v) is 10.1. The van der Waals surface area contributed by atoms with Gasteiger partial charge in [-0.3, -0.25) is 9.48 Å². The quantitative estimate of drug-likeness (QED) is 0.642. The van der Waals surface area contributed by atoms with Gasteiger partial charge in [0.05, 0.1) is 6.54 Å². The number of carbonyl (C=O) groups is 1. The smallest absolute Gasteiger partial charge is 0.233 e. The Hall–Kier alpha value is -1.36. The van der Waals surface area contributed by atoms with Gasteiger partial charge in [-0.25, -0.2) is 0 Å². The van der Waals surface area contributed by atoms with Crippen molar-refractivity contribution in [3.05, 3.63) is 18.5 Å². The predicted molar refractivity (Wildman–Crippen MR) is 65.4 cm³/mol. The molecule has 1 aromatic heterocycles. The number of nitrogens with one attached hydrogen (secondary N) is 2. The van der Waals surface area contributed by atoms with Crippen LogP contribution in [0.1, 0.15) is 19.3 Å². The summed E-state index contributed by atoms with van der Waals surface area (Å²) in [6.45, 7) is 2.99. The van der Waals surface area contributed by atoms with Gasteiger partial charge < -0.3 is 10.6 Å². The maximum absolute atomic E-state index is 11.4. The van der Waals surface area contributed by atoms with Gasteiger partial charge in [0.15, 0.2) is 0 Å². The van der Waals surface area contributed by atoms with Crippen LogP contribution in [0.15, 0.2) is 18.5 Å². The highest BCUT2D eigenvalue weighted by Gasteiger charge is 2.20. The molecule has 0 radical (unpaired) electrons. The van der Waals surface area contributed by atoms with Crippen molar-refractivity contribution in [1.29, 1.82) is 0 Å². The molecule has 0 unspecified atom stereocenters. The molecule has 1 aromatic rings. The van der Waals surface area contributed by atoms with Crippen LogP contribution in [0.2, 0.25) is 0 Å². The molecular weight excluding hydrogens is 216 g/mol. The van der Waals surface area contributed by atoms with Gasteiger partial charge in [0, 0.05) is 25.5 Å². The van der Waals surface area contributed by atoms with Crippen molar-refractivity contribution in [2.75, 3.05) is 19.6 Å². The first-order valence-corrected chi connectivity index (χ1v) is 6.29. The van der Waals surface area contributed by atoms with Crippen LogP contribution in [-0.4, -0.2) is 35.3 Å². The third-order valence-corrected chi connectivity index (χ3v) is 2.86. The van der Waals surface area contributed by atoms with Crippen LogP contribution in [0.25, 0.3) is 0 Å². The summed E-state index contributed by atoms with van der Waals surface area (Å²) in [6.07, 6.45) is 7.24. The van der Waals surface area contributed by atoms with Crippen LogP contribution in [0.4, 0.5) is 0 Å². The van der Waals surface area contributed by atoms with Crippen LogP contribution in [0, 0.1) is 5.92 Å².